The monoisotopic (exact) mass is 262 g/mol. The summed E-state index contributed by atoms with van der Waals surface area (Å²) >= 11 is 4.71. The van der Waals surface area contributed by atoms with Gasteiger partial charge in [0.15, 0.2) is 0 Å². The van der Waals surface area contributed by atoms with E-state index in [9.17, 15) is 0 Å². The van der Waals surface area contributed by atoms with Crippen LogP contribution in [0.15, 0.2) is 12.7 Å². The van der Waals surface area contributed by atoms with E-state index in [1.807, 2.05) is 0 Å². The normalized spacial score (nSPS) is 20.8. The van der Waals surface area contributed by atoms with Gasteiger partial charge in [0, 0.05) is 4.75 Å². The van der Waals surface area contributed by atoms with Gasteiger partial charge in [0.2, 0.25) is 0 Å². The second kappa shape index (κ2) is 7.71. The van der Waals surface area contributed by atoms with Gasteiger partial charge in [0.05, 0.1) is 0 Å². The van der Waals surface area contributed by atoms with Crippen molar-refractivity contribution in [1.29, 1.82) is 0 Å². The van der Waals surface area contributed by atoms with Gasteiger partial charge in [-0.2, -0.15) is 12.6 Å². The van der Waals surface area contributed by atoms with Crippen molar-refractivity contribution < 1.29 is 0 Å². The summed E-state index contributed by atoms with van der Waals surface area (Å²) in [6.45, 7) is 10.7. The predicted molar refractivity (Wildman–Crippen MR) is 85.5 cm³/mol. The van der Waals surface area contributed by atoms with Gasteiger partial charge in [-0.05, 0) is 49.2 Å². The minimum atomic E-state index is -0.422. The van der Waals surface area contributed by atoms with Crippen molar-refractivity contribution in [3.05, 3.63) is 12.7 Å². The smallest absolute Gasteiger partial charge is 0.00990 e. The van der Waals surface area contributed by atoms with Crippen molar-refractivity contribution in [1.82, 2.24) is 0 Å². The van der Waals surface area contributed by atoms with Gasteiger partial charge in [-0.3, -0.25) is 0 Å². The highest BCUT2D eigenvalue weighted by atomic mass is 32.3. The first-order valence-corrected chi connectivity index (χ1v) is 9.43. The molecule has 0 saturated carbocycles. The molecular formula is C14H30S2. The lowest BCUT2D eigenvalue weighted by Gasteiger charge is -2.36. The molecule has 0 spiro atoms. The van der Waals surface area contributed by atoms with E-state index >= 15 is 0 Å². The van der Waals surface area contributed by atoms with E-state index in [1.54, 1.807) is 0 Å². The molecule has 0 aromatic heterocycles. The third-order valence-corrected chi connectivity index (χ3v) is 7.58. The van der Waals surface area contributed by atoms with E-state index in [0.717, 1.165) is 6.42 Å². The highest BCUT2D eigenvalue weighted by Crippen LogP contribution is 2.46. The SMILES string of the molecule is C=CCS(C)(CCC)CCCC(C)(S)CC. The summed E-state index contributed by atoms with van der Waals surface area (Å²) < 4.78 is 0.237. The molecule has 0 bridgehead atoms. The van der Waals surface area contributed by atoms with Gasteiger partial charge < -0.3 is 0 Å². The van der Waals surface area contributed by atoms with Crippen LogP contribution >= 0.6 is 22.7 Å². The number of thiol groups is 1. The Morgan fingerprint density at radius 3 is 2.38 bits per heavy atom. The molecule has 2 heteroatoms. The van der Waals surface area contributed by atoms with Crippen LogP contribution in [-0.4, -0.2) is 28.3 Å². The predicted octanol–water partition coefficient (Wildman–Crippen LogP) is 4.90. The third kappa shape index (κ3) is 6.90. The quantitative estimate of drug-likeness (QED) is 0.444. The van der Waals surface area contributed by atoms with E-state index in [4.69, 9.17) is 12.6 Å². The van der Waals surface area contributed by atoms with Gasteiger partial charge in [-0.25, -0.2) is 10.0 Å². The van der Waals surface area contributed by atoms with Crippen LogP contribution < -0.4 is 0 Å². The maximum atomic E-state index is 4.71. The van der Waals surface area contributed by atoms with Crippen LogP contribution in [0.3, 0.4) is 0 Å². The van der Waals surface area contributed by atoms with E-state index in [-0.39, 0.29) is 4.75 Å². The van der Waals surface area contributed by atoms with Crippen LogP contribution in [0.25, 0.3) is 0 Å². The van der Waals surface area contributed by atoms with Crippen LogP contribution in [0.1, 0.15) is 46.5 Å². The zero-order chi connectivity index (χ0) is 12.7. The van der Waals surface area contributed by atoms with Crippen LogP contribution in [0, 0.1) is 0 Å². The van der Waals surface area contributed by atoms with Gasteiger partial charge >= 0.3 is 0 Å². The van der Waals surface area contributed by atoms with Crippen molar-refractivity contribution in [2.45, 2.75) is 51.2 Å². The molecule has 0 heterocycles. The summed E-state index contributed by atoms with van der Waals surface area (Å²) in [5, 5.41) is 0. The topological polar surface area (TPSA) is 0 Å². The van der Waals surface area contributed by atoms with Crippen LogP contribution in [0.5, 0.6) is 0 Å². The third-order valence-electron chi connectivity index (χ3n) is 3.33. The Morgan fingerprint density at radius 1 is 1.31 bits per heavy atom. The molecule has 2 unspecified atom stereocenters. The lowest BCUT2D eigenvalue weighted by atomic mass is 10.0. The Bertz CT molecular complexity index is 199. The van der Waals surface area contributed by atoms with Gasteiger partial charge in [0.1, 0.15) is 0 Å². The van der Waals surface area contributed by atoms with Crippen molar-refractivity contribution in [3.8, 4) is 0 Å². The highest BCUT2D eigenvalue weighted by molar-refractivity contribution is 8.33. The lowest BCUT2D eigenvalue weighted by Crippen LogP contribution is -2.18. The summed E-state index contributed by atoms with van der Waals surface area (Å²) in [6, 6.07) is 0. The van der Waals surface area contributed by atoms with Crippen LogP contribution in [-0.2, 0) is 0 Å². The van der Waals surface area contributed by atoms with E-state index in [1.165, 1.54) is 36.5 Å². The lowest BCUT2D eigenvalue weighted by molar-refractivity contribution is 0.566. The molecule has 0 aliphatic carbocycles. The summed E-state index contributed by atoms with van der Waals surface area (Å²) in [7, 11) is -0.422. The number of hydrogen-bond acceptors (Lipinski definition) is 1. The van der Waals surface area contributed by atoms with Crippen molar-refractivity contribution in [2.75, 3.05) is 23.5 Å². The maximum absolute atomic E-state index is 4.71. The Labute approximate surface area is 110 Å². The minimum absolute atomic E-state index is 0.237. The van der Waals surface area contributed by atoms with E-state index in [2.05, 4.69) is 39.7 Å². The molecule has 98 valence electrons. The Kier molecular flexibility index (Phi) is 7.92. The molecule has 0 N–H and O–H groups in total. The molecule has 0 fully saturated rings. The molecule has 0 amide bonds. The fourth-order valence-electron chi connectivity index (χ4n) is 2.02. The molecule has 0 radical (unpaired) electrons. The zero-order valence-electron chi connectivity index (χ0n) is 11.6. The fraction of sp³-hybridized carbons (Fsp3) is 0.857. The number of hydrogen-bond donors (Lipinski definition) is 1. The maximum Gasteiger partial charge on any atom is 0.00990 e. The molecule has 16 heavy (non-hydrogen) atoms. The molecular weight excluding hydrogens is 232 g/mol. The Morgan fingerprint density at radius 2 is 1.94 bits per heavy atom. The van der Waals surface area contributed by atoms with Crippen molar-refractivity contribution >= 4 is 22.7 Å². The first-order chi connectivity index (χ1) is 7.39. The molecule has 0 aliphatic heterocycles. The Balaban J connectivity index is 4.07. The van der Waals surface area contributed by atoms with Crippen molar-refractivity contribution in [2.24, 2.45) is 0 Å². The van der Waals surface area contributed by atoms with Gasteiger partial charge in [0.25, 0.3) is 0 Å². The van der Waals surface area contributed by atoms with E-state index in [0.29, 0.717) is 0 Å². The molecule has 0 saturated heterocycles. The summed E-state index contributed by atoms with van der Waals surface area (Å²) in [4.78, 5) is 0. The summed E-state index contributed by atoms with van der Waals surface area (Å²) in [5.74, 6) is 4.02. The number of rotatable bonds is 9. The fourth-order valence-corrected chi connectivity index (χ4v) is 5.12. The molecule has 0 nitrogen and oxygen atoms in total. The Hall–Kier alpha value is 0.440. The second-order valence-electron chi connectivity index (χ2n) is 5.30. The van der Waals surface area contributed by atoms with Crippen LogP contribution in [0.2, 0.25) is 0 Å². The molecule has 0 aromatic rings. The zero-order valence-corrected chi connectivity index (χ0v) is 13.3. The molecule has 2 atom stereocenters. The van der Waals surface area contributed by atoms with Gasteiger partial charge in [-0.1, -0.05) is 26.8 Å². The summed E-state index contributed by atoms with van der Waals surface area (Å²) in [5.41, 5.74) is 0. The molecule has 0 rings (SSSR count). The average Bonchev–Trinajstić information content (AvgIpc) is 2.18. The highest BCUT2D eigenvalue weighted by Gasteiger charge is 2.19. The van der Waals surface area contributed by atoms with E-state index < -0.39 is 10.0 Å². The van der Waals surface area contributed by atoms with Crippen molar-refractivity contribution in [3.63, 3.8) is 0 Å². The first kappa shape index (κ1) is 16.4. The first-order valence-electron chi connectivity index (χ1n) is 6.44. The largest absolute Gasteiger partial charge is 0.240 e. The average molecular weight is 263 g/mol. The second-order valence-corrected chi connectivity index (χ2v) is 10.5. The minimum Gasteiger partial charge on any atom is -0.240 e. The molecule has 0 aliphatic rings. The summed E-state index contributed by atoms with van der Waals surface area (Å²) in [6.07, 6.45) is 9.65. The molecule has 0 aromatic carbocycles. The van der Waals surface area contributed by atoms with Crippen LogP contribution in [0.4, 0.5) is 0 Å². The van der Waals surface area contributed by atoms with Gasteiger partial charge in [-0.15, -0.1) is 6.58 Å². The standard InChI is InChI=1S/C14H30S2/c1-6-11-16(5,12-7-2)13-9-10-14(4,15)8-3/h6,15H,1,7-13H2,2-5H3.